The van der Waals surface area contributed by atoms with Crippen LogP contribution in [0.3, 0.4) is 0 Å². The number of halogens is 1. The van der Waals surface area contributed by atoms with Gasteiger partial charge in [0, 0.05) is 24.4 Å². The molecule has 0 saturated heterocycles. The van der Waals surface area contributed by atoms with Gasteiger partial charge in [0.2, 0.25) is 5.91 Å². The van der Waals surface area contributed by atoms with E-state index in [1.54, 1.807) is 33.8 Å². The lowest BCUT2D eigenvalue weighted by atomic mass is 10.2. The molecule has 0 radical (unpaired) electrons. The van der Waals surface area contributed by atoms with Crippen molar-refractivity contribution < 1.29 is 9.18 Å². The number of hydrogen-bond donors (Lipinski definition) is 1. The summed E-state index contributed by atoms with van der Waals surface area (Å²) in [6.07, 6.45) is 6.79. The van der Waals surface area contributed by atoms with Gasteiger partial charge in [-0.3, -0.25) is 14.2 Å². The highest BCUT2D eigenvalue weighted by molar-refractivity contribution is 6.02. The second-order valence-corrected chi connectivity index (χ2v) is 6.28. The fourth-order valence-electron chi connectivity index (χ4n) is 2.77. The zero-order valence-electron chi connectivity index (χ0n) is 15.6. The molecule has 0 unspecified atom stereocenters. The number of anilines is 1. The Morgan fingerprint density at radius 2 is 2.00 bits per heavy atom. The summed E-state index contributed by atoms with van der Waals surface area (Å²) in [5.41, 5.74) is 4.07. The van der Waals surface area contributed by atoms with Crippen molar-refractivity contribution in [1.29, 1.82) is 0 Å². The van der Waals surface area contributed by atoms with Crippen LogP contribution in [0.2, 0.25) is 0 Å². The molecule has 7 heteroatoms. The van der Waals surface area contributed by atoms with Crippen LogP contribution in [0, 0.1) is 19.7 Å². The van der Waals surface area contributed by atoms with Crippen LogP contribution < -0.4 is 5.32 Å². The van der Waals surface area contributed by atoms with E-state index in [-0.39, 0.29) is 11.7 Å². The highest BCUT2D eigenvalue weighted by atomic mass is 19.1. The number of aromatic nitrogens is 4. The van der Waals surface area contributed by atoms with Crippen LogP contribution in [0.25, 0.3) is 6.08 Å². The van der Waals surface area contributed by atoms with E-state index in [4.69, 9.17) is 0 Å². The van der Waals surface area contributed by atoms with Crippen LogP contribution in [0.1, 0.15) is 29.4 Å². The average molecular weight is 367 g/mol. The van der Waals surface area contributed by atoms with Crippen molar-refractivity contribution in [2.45, 2.75) is 33.9 Å². The minimum Gasteiger partial charge on any atom is -0.319 e. The van der Waals surface area contributed by atoms with Gasteiger partial charge in [-0.05, 0) is 44.5 Å². The first-order chi connectivity index (χ1) is 13.0. The maximum Gasteiger partial charge on any atom is 0.248 e. The first-order valence-corrected chi connectivity index (χ1v) is 8.76. The van der Waals surface area contributed by atoms with Crippen LogP contribution in [-0.4, -0.2) is 25.5 Å². The Balaban J connectivity index is 1.70. The average Bonchev–Trinajstić information content (AvgIpc) is 3.22. The summed E-state index contributed by atoms with van der Waals surface area (Å²) in [7, 11) is 0. The molecule has 27 heavy (non-hydrogen) atoms. The quantitative estimate of drug-likeness (QED) is 0.678. The van der Waals surface area contributed by atoms with E-state index in [0.29, 0.717) is 12.2 Å². The van der Waals surface area contributed by atoms with Crippen molar-refractivity contribution in [1.82, 2.24) is 19.6 Å². The van der Waals surface area contributed by atoms with Gasteiger partial charge in [-0.25, -0.2) is 4.39 Å². The van der Waals surface area contributed by atoms with E-state index in [1.165, 1.54) is 18.2 Å². The number of carbonyl (C=O) groups is 1. The number of benzene rings is 1. The standard InChI is InChI=1S/C20H22FN5O/c1-4-25-12-17(11-22-25)7-10-19(27)23-20-14(2)24-26(15(20)3)13-16-5-8-18(21)9-6-16/h5-12H,4,13H2,1-3H3,(H,23,27)/b10-7-. The Kier molecular flexibility index (Phi) is 5.49. The van der Waals surface area contributed by atoms with Gasteiger partial charge in [0.25, 0.3) is 0 Å². The second kappa shape index (κ2) is 7.99. The van der Waals surface area contributed by atoms with Crippen LogP contribution in [0.15, 0.2) is 42.7 Å². The second-order valence-electron chi connectivity index (χ2n) is 6.28. The van der Waals surface area contributed by atoms with Gasteiger partial charge in [-0.15, -0.1) is 0 Å². The third kappa shape index (κ3) is 4.49. The van der Waals surface area contributed by atoms with Crippen LogP contribution in [0.5, 0.6) is 0 Å². The molecule has 2 aromatic heterocycles. The van der Waals surface area contributed by atoms with E-state index in [9.17, 15) is 9.18 Å². The number of amides is 1. The zero-order valence-corrected chi connectivity index (χ0v) is 15.6. The van der Waals surface area contributed by atoms with Crippen molar-refractivity contribution in [3.05, 3.63) is 71.1 Å². The molecule has 1 N–H and O–H groups in total. The highest BCUT2D eigenvalue weighted by Crippen LogP contribution is 2.20. The van der Waals surface area contributed by atoms with E-state index >= 15 is 0 Å². The van der Waals surface area contributed by atoms with Crippen molar-refractivity contribution in [2.24, 2.45) is 0 Å². The number of nitrogens with zero attached hydrogens (tertiary/aromatic N) is 4. The molecule has 0 aliphatic rings. The molecule has 0 aliphatic heterocycles. The topological polar surface area (TPSA) is 64.7 Å². The number of hydrogen-bond acceptors (Lipinski definition) is 3. The summed E-state index contributed by atoms with van der Waals surface area (Å²) >= 11 is 0. The van der Waals surface area contributed by atoms with Crippen LogP contribution >= 0.6 is 0 Å². The minimum absolute atomic E-state index is 0.230. The van der Waals surface area contributed by atoms with Gasteiger partial charge in [0.15, 0.2) is 0 Å². The van der Waals surface area contributed by atoms with Gasteiger partial charge >= 0.3 is 0 Å². The minimum atomic E-state index is -0.267. The molecule has 0 spiro atoms. The largest absolute Gasteiger partial charge is 0.319 e. The molecule has 6 nitrogen and oxygen atoms in total. The molecule has 3 aromatic rings. The van der Waals surface area contributed by atoms with E-state index in [0.717, 1.165) is 29.1 Å². The van der Waals surface area contributed by atoms with Gasteiger partial charge in [-0.1, -0.05) is 12.1 Å². The third-order valence-electron chi connectivity index (χ3n) is 4.28. The summed E-state index contributed by atoms with van der Waals surface area (Å²) in [5, 5.41) is 11.5. The number of nitrogens with one attached hydrogen (secondary N) is 1. The summed E-state index contributed by atoms with van der Waals surface area (Å²) in [6, 6.07) is 6.30. The Morgan fingerprint density at radius 3 is 2.67 bits per heavy atom. The molecule has 0 aliphatic carbocycles. The molecule has 0 atom stereocenters. The third-order valence-corrected chi connectivity index (χ3v) is 4.28. The van der Waals surface area contributed by atoms with Gasteiger partial charge in [-0.2, -0.15) is 10.2 Å². The van der Waals surface area contributed by atoms with E-state index in [1.807, 2.05) is 27.0 Å². The van der Waals surface area contributed by atoms with Gasteiger partial charge < -0.3 is 5.32 Å². The number of rotatable bonds is 6. The lowest BCUT2D eigenvalue weighted by Gasteiger charge is -2.06. The van der Waals surface area contributed by atoms with Gasteiger partial charge in [0.1, 0.15) is 5.82 Å². The Labute approximate surface area is 157 Å². The predicted molar refractivity (Wildman–Crippen MR) is 103 cm³/mol. The van der Waals surface area contributed by atoms with Crippen LogP contribution in [-0.2, 0) is 17.9 Å². The van der Waals surface area contributed by atoms with Crippen molar-refractivity contribution >= 4 is 17.7 Å². The Bertz CT molecular complexity index is 969. The molecule has 140 valence electrons. The van der Waals surface area contributed by atoms with Crippen molar-refractivity contribution in [3.8, 4) is 0 Å². The maximum atomic E-state index is 13.1. The zero-order chi connectivity index (χ0) is 19.4. The van der Waals surface area contributed by atoms with Gasteiger partial charge in [0.05, 0.1) is 29.8 Å². The molecule has 1 aromatic carbocycles. The van der Waals surface area contributed by atoms with E-state index < -0.39 is 0 Å². The Morgan fingerprint density at radius 1 is 1.26 bits per heavy atom. The number of aryl methyl sites for hydroxylation is 2. The first kappa shape index (κ1) is 18.6. The SMILES string of the molecule is CCn1cc(/C=C\C(=O)Nc2c(C)nn(Cc3ccc(F)cc3)c2C)cn1. The molecule has 3 rings (SSSR count). The monoisotopic (exact) mass is 367 g/mol. The Hall–Kier alpha value is -3.22. The molecule has 0 saturated carbocycles. The molecular weight excluding hydrogens is 345 g/mol. The lowest BCUT2D eigenvalue weighted by molar-refractivity contribution is -0.111. The first-order valence-electron chi connectivity index (χ1n) is 8.76. The fourth-order valence-corrected chi connectivity index (χ4v) is 2.77. The normalized spacial score (nSPS) is 11.3. The highest BCUT2D eigenvalue weighted by Gasteiger charge is 2.13. The lowest BCUT2D eigenvalue weighted by Crippen LogP contribution is -2.10. The molecule has 0 bridgehead atoms. The summed E-state index contributed by atoms with van der Waals surface area (Å²) in [4.78, 5) is 12.3. The molecule has 1 amide bonds. The van der Waals surface area contributed by atoms with E-state index in [2.05, 4.69) is 15.5 Å². The number of carbonyl (C=O) groups excluding carboxylic acids is 1. The summed E-state index contributed by atoms with van der Waals surface area (Å²) in [6.45, 7) is 7.04. The molecular formula is C20H22FN5O. The van der Waals surface area contributed by atoms with Crippen molar-refractivity contribution in [2.75, 3.05) is 5.32 Å². The molecule has 2 heterocycles. The molecule has 0 fully saturated rings. The predicted octanol–water partition coefficient (Wildman–Crippen LogP) is 3.56. The summed E-state index contributed by atoms with van der Waals surface area (Å²) in [5.74, 6) is -0.497. The van der Waals surface area contributed by atoms with Crippen molar-refractivity contribution in [3.63, 3.8) is 0 Å². The van der Waals surface area contributed by atoms with Crippen LogP contribution in [0.4, 0.5) is 10.1 Å². The fraction of sp³-hybridized carbons (Fsp3) is 0.250. The smallest absolute Gasteiger partial charge is 0.248 e. The maximum absolute atomic E-state index is 13.1. The summed E-state index contributed by atoms with van der Waals surface area (Å²) < 4.78 is 16.6.